The minimum atomic E-state index is 0.450. The minimum absolute atomic E-state index is 0.450. The molecule has 11 rings (SSSR count). The van der Waals surface area contributed by atoms with E-state index in [-0.39, 0.29) is 0 Å². The smallest absolute Gasteiger partial charge is 0.119 e. The van der Waals surface area contributed by atoms with Crippen molar-refractivity contribution in [2.75, 3.05) is 13.2 Å². The fraction of sp³-hybridized carbons (Fsp3) is 0.613. The summed E-state index contributed by atoms with van der Waals surface area (Å²) < 4.78 is 11.5. The highest BCUT2D eigenvalue weighted by Gasteiger charge is 2.86. The average Bonchev–Trinajstić information content (AvgIpc) is 2.83. The van der Waals surface area contributed by atoms with Crippen LogP contribution in [-0.2, 0) is 10.8 Å². The second kappa shape index (κ2) is 5.99. The monoisotopic (exact) mass is 440 g/mol. The van der Waals surface area contributed by atoms with Gasteiger partial charge < -0.3 is 9.47 Å². The molecule has 2 spiro atoms. The van der Waals surface area contributed by atoms with E-state index in [4.69, 9.17) is 9.47 Å². The van der Waals surface area contributed by atoms with Crippen LogP contribution in [0.4, 0.5) is 0 Å². The van der Waals surface area contributed by atoms with Crippen LogP contribution in [0.5, 0.6) is 11.5 Å². The van der Waals surface area contributed by atoms with Crippen molar-refractivity contribution in [3.63, 3.8) is 0 Å². The highest BCUT2D eigenvalue weighted by Crippen LogP contribution is 2.93. The zero-order chi connectivity index (χ0) is 22.1. The van der Waals surface area contributed by atoms with Crippen molar-refractivity contribution in [3.8, 4) is 11.5 Å². The summed E-state index contributed by atoms with van der Waals surface area (Å²) in [5.41, 5.74) is 5.46. The molecule has 8 bridgehead atoms. The van der Waals surface area contributed by atoms with Gasteiger partial charge in [0.25, 0.3) is 0 Å². The van der Waals surface area contributed by atoms with Crippen molar-refractivity contribution in [2.24, 2.45) is 34.5 Å². The lowest BCUT2D eigenvalue weighted by Gasteiger charge is -2.91. The van der Waals surface area contributed by atoms with Crippen LogP contribution in [-0.4, -0.2) is 13.2 Å². The molecule has 2 nitrogen and oxygen atoms in total. The molecule has 9 saturated carbocycles. The van der Waals surface area contributed by atoms with Gasteiger partial charge in [0.2, 0.25) is 0 Å². The van der Waals surface area contributed by atoms with Gasteiger partial charge in [-0.15, -0.1) is 0 Å². The van der Waals surface area contributed by atoms with E-state index in [2.05, 4.69) is 62.4 Å². The van der Waals surface area contributed by atoms with Gasteiger partial charge in [0.05, 0.1) is 13.2 Å². The summed E-state index contributed by atoms with van der Waals surface area (Å²) in [5.74, 6) is 5.96. The van der Waals surface area contributed by atoms with Gasteiger partial charge in [0.1, 0.15) is 11.5 Å². The van der Waals surface area contributed by atoms with E-state index in [9.17, 15) is 0 Å². The lowest BCUT2D eigenvalue weighted by Crippen LogP contribution is -2.85. The zero-order valence-electron chi connectivity index (χ0n) is 20.1. The molecule has 9 fully saturated rings. The van der Waals surface area contributed by atoms with Crippen LogP contribution in [0.25, 0.3) is 0 Å². The summed E-state index contributed by atoms with van der Waals surface area (Å²) in [7, 11) is 0. The summed E-state index contributed by atoms with van der Waals surface area (Å²) in [6, 6.07) is 18.6. The fourth-order valence-corrected chi connectivity index (χ4v) is 11.5. The maximum Gasteiger partial charge on any atom is 0.119 e. The largest absolute Gasteiger partial charge is 0.494 e. The second-order valence-electron chi connectivity index (χ2n) is 12.7. The Bertz CT molecular complexity index is 1070. The molecular formula is C31H36O2. The fourth-order valence-electron chi connectivity index (χ4n) is 11.5. The van der Waals surface area contributed by atoms with E-state index in [1.54, 1.807) is 17.5 Å². The molecule has 0 saturated heterocycles. The molecule has 4 atom stereocenters. The first-order chi connectivity index (χ1) is 16.1. The van der Waals surface area contributed by atoms with Crippen LogP contribution in [0.3, 0.4) is 0 Å². The number of hydrogen-bond acceptors (Lipinski definition) is 2. The minimum Gasteiger partial charge on any atom is -0.494 e. The molecule has 0 amide bonds. The number of hydrogen-bond donors (Lipinski definition) is 0. The first-order valence-corrected chi connectivity index (χ1v) is 13.5. The molecule has 0 aliphatic heterocycles. The Morgan fingerprint density at radius 3 is 1.67 bits per heavy atom. The van der Waals surface area contributed by atoms with E-state index in [1.165, 1.54) is 38.5 Å². The highest BCUT2D eigenvalue weighted by atomic mass is 16.5. The molecule has 2 aromatic rings. The Morgan fingerprint density at radius 2 is 1.15 bits per heavy atom. The standard InChI is InChI=1S/C31H36O2/c1-3-32-22-9-5-20(6-10-22)28-14-25-24-13-29(21-7-11-23(12-8-21)33-4-2)17-30(25)19-31(18-29,26(24)15-28)27(30)16-28/h5-12,24-27H,3-4,13-19H2,1-2H3/t24?,25-,26-,27?,28?,29?,30?,31?/m1/s1. The van der Waals surface area contributed by atoms with E-state index < -0.39 is 0 Å². The lowest BCUT2D eigenvalue weighted by molar-refractivity contribution is -0.398. The van der Waals surface area contributed by atoms with Gasteiger partial charge in [-0.25, -0.2) is 0 Å². The number of benzene rings is 2. The Labute approximate surface area is 198 Å². The van der Waals surface area contributed by atoms with Crippen molar-refractivity contribution in [1.82, 2.24) is 0 Å². The van der Waals surface area contributed by atoms with Crippen LogP contribution in [0.1, 0.15) is 69.9 Å². The van der Waals surface area contributed by atoms with Crippen molar-refractivity contribution in [2.45, 2.75) is 69.6 Å². The third-order valence-corrected chi connectivity index (χ3v) is 11.9. The van der Waals surface area contributed by atoms with Crippen LogP contribution < -0.4 is 9.47 Å². The lowest BCUT2D eigenvalue weighted by atomic mass is 9.13. The maximum atomic E-state index is 5.76. The summed E-state index contributed by atoms with van der Waals surface area (Å²) in [4.78, 5) is 0. The Balaban J connectivity index is 1.15. The molecule has 172 valence electrons. The molecule has 0 aromatic heterocycles. The van der Waals surface area contributed by atoms with Gasteiger partial charge in [0.15, 0.2) is 0 Å². The molecule has 2 aromatic carbocycles. The molecule has 33 heavy (non-hydrogen) atoms. The van der Waals surface area contributed by atoms with Crippen molar-refractivity contribution in [1.29, 1.82) is 0 Å². The highest BCUT2D eigenvalue weighted by molar-refractivity contribution is 5.46. The number of rotatable bonds is 6. The third kappa shape index (κ3) is 2.10. The van der Waals surface area contributed by atoms with Gasteiger partial charge in [-0.3, -0.25) is 0 Å². The summed E-state index contributed by atoms with van der Waals surface area (Å²) in [6.07, 6.45) is 10.3. The van der Waals surface area contributed by atoms with Gasteiger partial charge in [0, 0.05) is 0 Å². The molecule has 0 radical (unpaired) electrons. The molecule has 0 heterocycles. The van der Waals surface area contributed by atoms with Gasteiger partial charge in [-0.2, -0.15) is 0 Å². The van der Waals surface area contributed by atoms with Crippen LogP contribution in [0.15, 0.2) is 48.5 Å². The van der Waals surface area contributed by atoms with Gasteiger partial charge in [-0.1, -0.05) is 24.3 Å². The molecule has 2 unspecified atom stereocenters. The van der Waals surface area contributed by atoms with E-state index >= 15 is 0 Å². The van der Waals surface area contributed by atoms with Crippen LogP contribution in [0, 0.1) is 34.5 Å². The quantitative estimate of drug-likeness (QED) is 0.486. The first-order valence-electron chi connectivity index (χ1n) is 13.5. The van der Waals surface area contributed by atoms with Crippen LogP contribution in [0.2, 0.25) is 0 Å². The van der Waals surface area contributed by atoms with Crippen molar-refractivity contribution < 1.29 is 9.47 Å². The maximum absolute atomic E-state index is 5.76. The van der Waals surface area contributed by atoms with Crippen molar-refractivity contribution in [3.05, 3.63) is 59.7 Å². The molecule has 9 aliphatic carbocycles. The molecule has 0 N–H and O–H groups in total. The first kappa shape index (κ1) is 19.4. The normalized spacial score (nSPS) is 47.0. The predicted molar refractivity (Wildman–Crippen MR) is 130 cm³/mol. The third-order valence-electron chi connectivity index (χ3n) is 11.9. The second-order valence-corrected chi connectivity index (χ2v) is 12.7. The molecular weight excluding hydrogens is 404 g/mol. The predicted octanol–water partition coefficient (Wildman–Crippen LogP) is 6.91. The number of ether oxygens (including phenoxy) is 2. The van der Waals surface area contributed by atoms with Gasteiger partial charge in [-0.05, 0) is 140 Å². The van der Waals surface area contributed by atoms with E-state index in [1.807, 2.05) is 0 Å². The average molecular weight is 441 g/mol. The molecule has 9 aliphatic rings. The molecule has 2 heteroatoms. The van der Waals surface area contributed by atoms with Crippen molar-refractivity contribution >= 4 is 0 Å². The Morgan fingerprint density at radius 1 is 0.636 bits per heavy atom. The van der Waals surface area contributed by atoms with Gasteiger partial charge >= 0.3 is 0 Å². The summed E-state index contributed by atoms with van der Waals surface area (Å²) in [5, 5.41) is 0. The Hall–Kier alpha value is -1.96. The van der Waals surface area contributed by atoms with E-state index in [0.29, 0.717) is 21.7 Å². The summed E-state index contributed by atoms with van der Waals surface area (Å²) in [6.45, 7) is 5.64. The summed E-state index contributed by atoms with van der Waals surface area (Å²) >= 11 is 0. The zero-order valence-corrected chi connectivity index (χ0v) is 20.1. The SMILES string of the molecule is CCOc1ccc(C23CC4C56CC7(c8ccc(OCC)cc8)CC([C@H]5C2)[C@@H](C3)C4(C7)C6)cc1. The van der Waals surface area contributed by atoms with E-state index in [0.717, 1.165) is 48.4 Å². The van der Waals surface area contributed by atoms with Crippen LogP contribution >= 0.6 is 0 Å². The topological polar surface area (TPSA) is 18.5 Å². The Kier molecular flexibility index (Phi) is 3.51.